The van der Waals surface area contributed by atoms with Crippen LogP contribution >= 0.6 is 23.2 Å². The summed E-state index contributed by atoms with van der Waals surface area (Å²) in [5.74, 6) is -0.925. The van der Waals surface area contributed by atoms with E-state index < -0.39 is 17.8 Å². The number of rotatable bonds is 9. The van der Waals surface area contributed by atoms with Crippen LogP contribution in [0.1, 0.15) is 18.9 Å². The number of hydrogen-bond donors (Lipinski definition) is 3. The minimum Gasteiger partial charge on any atom is -0.391 e. The number of piperidine rings is 1. The molecule has 32 heavy (non-hydrogen) atoms. The van der Waals surface area contributed by atoms with Crippen molar-refractivity contribution in [3.05, 3.63) is 46.0 Å². The summed E-state index contributed by atoms with van der Waals surface area (Å²) in [5, 5.41) is 14.4. The van der Waals surface area contributed by atoms with Gasteiger partial charge in [0.1, 0.15) is 6.33 Å². The number of aliphatic hydroxyl groups excluding tert-OH is 1. The van der Waals surface area contributed by atoms with E-state index in [4.69, 9.17) is 28.9 Å². The van der Waals surface area contributed by atoms with Crippen LogP contribution < -0.4 is 16.0 Å². The number of likely N-dealkylation sites (tertiary alicyclic amines) is 1. The summed E-state index contributed by atoms with van der Waals surface area (Å²) in [6.45, 7) is 4.08. The Hall–Kier alpha value is -2.20. The molecule has 1 fully saturated rings. The maximum atomic E-state index is 15.3. The summed E-state index contributed by atoms with van der Waals surface area (Å²) in [5.41, 5.74) is 5.91. The normalized spacial score (nSPS) is 19.0. The number of nitrogens with one attached hydrogen (secondary N) is 1. The van der Waals surface area contributed by atoms with E-state index in [1.54, 1.807) is 23.1 Å². The van der Waals surface area contributed by atoms with Gasteiger partial charge in [-0.25, -0.2) is 9.97 Å². The lowest BCUT2D eigenvalue weighted by molar-refractivity contribution is -0.120. The van der Waals surface area contributed by atoms with Gasteiger partial charge in [-0.15, -0.1) is 0 Å². The van der Waals surface area contributed by atoms with Crippen LogP contribution in [0.25, 0.3) is 0 Å². The molecule has 1 aromatic heterocycles. The Morgan fingerprint density at radius 1 is 1.38 bits per heavy atom. The van der Waals surface area contributed by atoms with Gasteiger partial charge in [0.15, 0.2) is 11.6 Å². The van der Waals surface area contributed by atoms with Crippen LogP contribution in [0.4, 0.5) is 16.0 Å². The molecule has 8 nitrogen and oxygen atoms in total. The van der Waals surface area contributed by atoms with Crippen LogP contribution in [0.3, 0.4) is 0 Å². The van der Waals surface area contributed by atoms with Gasteiger partial charge in [-0.1, -0.05) is 29.3 Å². The highest BCUT2D eigenvalue weighted by Gasteiger charge is 2.28. The van der Waals surface area contributed by atoms with E-state index in [2.05, 4.69) is 15.3 Å². The standard InChI is InChI=1S/C21H27Cl2FN6O2/c1-2-30(9-14-15(22)4-3-5-16(14)23)21-19(24)20(27-12-28-21)26-8-13-6-7-29(10-17(13)31)11-18(25)32/h3-5,12-13,17,31H,2,6-11H2,1H3,(H2,25,32)(H,26,27,28)/t13-,17+/m0/s1. The van der Waals surface area contributed by atoms with Crippen LogP contribution in [0.15, 0.2) is 24.5 Å². The lowest BCUT2D eigenvalue weighted by atomic mass is 9.94. The van der Waals surface area contributed by atoms with Gasteiger partial charge in [-0.2, -0.15) is 4.39 Å². The fraction of sp³-hybridized carbons (Fsp3) is 0.476. The van der Waals surface area contributed by atoms with Crippen molar-refractivity contribution >= 4 is 40.7 Å². The Balaban J connectivity index is 1.68. The monoisotopic (exact) mass is 484 g/mol. The molecule has 3 rings (SSSR count). The minimum absolute atomic E-state index is 0.0606. The Morgan fingerprint density at radius 3 is 2.72 bits per heavy atom. The zero-order valence-electron chi connectivity index (χ0n) is 17.8. The number of β-amino-alcohol motifs (C(OH)–C–C–N with tert-alkyl or cyclic N) is 1. The van der Waals surface area contributed by atoms with Gasteiger partial charge in [-0.3, -0.25) is 9.69 Å². The molecule has 2 atom stereocenters. The van der Waals surface area contributed by atoms with Gasteiger partial charge in [0.05, 0.1) is 12.6 Å². The number of halogens is 3. The molecular weight excluding hydrogens is 458 g/mol. The van der Waals surface area contributed by atoms with Crippen LogP contribution in [-0.2, 0) is 11.3 Å². The van der Waals surface area contributed by atoms with Crippen molar-refractivity contribution < 1.29 is 14.3 Å². The Bertz CT molecular complexity index is 930. The third-order valence-electron chi connectivity index (χ3n) is 5.58. The van der Waals surface area contributed by atoms with Crippen LogP contribution in [-0.4, -0.2) is 64.7 Å². The molecule has 0 spiro atoms. The highest BCUT2D eigenvalue weighted by molar-refractivity contribution is 6.36. The fourth-order valence-electron chi connectivity index (χ4n) is 3.79. The van der Waals surface area contributed by atoms with Crippen LogP contribution in [0.2, 0.25) is 10.0 Å². The smallest absolute Gasteiger partial charge is 0.231 e. The summed E-state index contributed by atoms with van der Waals surface area (Å²) in [6.07, 6.45) is 1.28. The number of carbonyl (C=O) groups excluding carboxylic acids is 1. The highest BCUT2D eigenvalue weighted by atomic mass is 35.5. The molecule has 0 saturated carbocycles. The largest absolute Gasteiger partial charge is 0.391 e. The number of aromatic nitrogens is 2. The number of carbonyl (C=O) groups is 1. The second-order valence-electron chi connectivity index (χ2n) is 7.77. The third kappa shape index (κ3) is 5.98. The Morgan fingerprint density at radius 2 is 2.09 bits per heavy atom. The molecule has 1 saturated heterocycles. The number of primary amides is 1. The topological polar surface area (TPSA) is 108 Å². The number of hydrogen-bond acceptors (Lipinski definition) is 7. The molecule has 1 aliphatic rings. The lowest BCUT2D eigenvalue weighted by Crippen LogP contribution is -2.48. The zero-order chi connectivity index (χ0) is 23.3. The van der Waals surface area contributed by atoms with Crippen molar-refractivity contribution in [1.29, 1.82) is 0 Å². The molecule has 1 aromatic carbocycles. The first-order valence-electron chi connectivity index (χ1n) is 10.4. The van der Waals surface area contributed by atoms with Gasteiger partial charge in [-0.05, 0) is 32.0 Å². The van der Waals surface area contributed by atoms with Gasteiger partial charge >= 0.3 is 0 Å². The van der Waals surface area contributed by atoms with Crippen LogP contribution in [0, 0.1) is 11.7 Å². The second kappa shape index (κ2) is 11.1. The molecule has 11 heteroatoms. The van der Waals surface area contributed by atoms with E-state index in [1.807, 2.05) is 11.8 Å². The number of anilines is 2. The zero-order valence-corrected chi connectivity index (χ0v) is 19.3. The van der Waals surface area contributed by atoms with Crippen LogP contribution in [0.5, 0.6) is 0 Å². The van der Waals surface area contributed by atoms with Crippen molar-refractivity contribution in [3.8, 4) is 0 Å². The average Bonchev–Trinajstić information content (AvgIpc) is 2.74. The quantitative estimate of drug-likeness (QED) is 0.501. The number of nitrogens with zero attached hydrogens (tertiary/aromatic N) is 4. The third-order valence-corrected chi connectivity index (χ3v) is 6.29. The number of benzene rings is 1. The van der Waals surface area contributed by atoms with Gasteiger partial charge in [0.2, 0.25) is 11.7 Å². The molecule has 0 aliphatic carbocycles. The minimum atomic E-state index is -0.658. The van der Waals surface area contributed by atoms with E-state index in [0.717, 1.165) is 0 Å². The first kappa shape index (κ1) is 24.4. The second-order valence-corrected chi connectivity index (χ2v) is 8.59. The van der Waals surface area contributed by atoms with E-state index >= 15 is 4.39 Å². The predicted octanol–water partition coefficient (Wildman–Crippen LogP) is 2.53. The number of amides is 1. The van der Waals surface area contributed by atoms with Gasteiger partial charge in [0.25, 0.3) is 0 Å². The summed E-state index contributed by atoms with van der Waals surface area (Å²) < 4.78 is 15.3. The molecule has 174 valence electrons. The summed E-state index contributed by atoms with van der Waals surface area (Å²) in [4.78, 5) is 22.8. The molecule has 1 aliphatic heterocycles. The summed E-state index contributed by atoms with van der Waals surface area (Å²) in [7, 11) is 0. The van der Waals surface area contributed by atoms with E-state index in [9.17, 15) is 9.90 Å². The molecule has 2 heterocycles. The maximum Gasteiger partial charge on any atom is 0.231 e. The van der Waals surface area contributed by atoms with Crippen molar-refractivity contribution in [2.45, 2.75) is 26.0 Å². The molecule has 0 radical (unpaired) electrons. The predicted molar refractivity (Wildman–Crippen MR) is 123 cm³/mol. The van der Waals surface area contributed by atoms with E-state index in [-0.39, 0.29) is 24.1 Å². The molecular formula is C21H27Cl2FN6O2. The number of aliphatic hydroxyl groups is 1. The van der Waals surface area contributed by atoms with Crippen molar-refractivity contribution in [2.24, 2.45) is 11.7 Å². The maximum absolute atomic E-state index is 15.3. The molecule has 0 bridgehead atoms. The van der Waals surface area contributed by atoms with Crippen molar-refractivity contribution in [3.63, 3.8) is 0 Å². The summed E-state index contributed by atoms with van der Waals surface area (Å²) >= 11 is 12.5. The van der Waals surface area contributed by atoms with Crippen molar-refractivity contribution in [2.75, 3.05) is 42.9 Å². The Labute approximate surface area is 196 Å². The van der Waals surface area contributed by atoms with Crippen molar-refractivity contribution in [1.82, 2.24) is 14.9 Å². The Kier molecular flexibility index (Phi) is 8.47. The van der Waals surface area contributed by atoms with Gasteiger partial charge in [0, 0.05) is 47.7 Å². The fourth-order valence-corrected chi connectivity index (χ4v) is 4.31. The molecule has 0 unspecified atom stereocenters. The van der Waals surface area contributed by atoms with E-state index in [1.165, 1.54) is 6.33 Å². The molecule has 2 aromatic rings. The lowest BCUT2D eigenvalue weighted by Gasteiger charge is -2.35. The first-order valence-corrected chi connectivity index (χ1v) is 11.2. The summed E-state index contributed by atoms with van der Waals surface area (Å²) in [6, 6.07) is 5.23. The first-order chi connectivity index (χ1) is 15.3. The highest BCUT2D eigenvalue weighted by Crippen LogP contribution is 2.29. The van der Waals surface area contributed by atoms with E-state index in [0.29, 0.717) is 54.8 Å². The number of nitrogens with two attached hydrogens (primary N) is 1. The SMILES string of the molecule is CCN(Cc1c(Cl)cccc1Cl)c1ncnc(NC[C@@H]2CCN(CC(N)=O)C[C@H]2O)c1F. The van der Waals surface area contributed by atoms with Gasteiger partial charge < -0.3 is 21.1 Å². The average molecular weight is 485 g/mol. The molecule has 4 N–H and O–H groups in total. The molecule has 1 amide bonds.